The fraction of sp³-hybridized carbons (Fsp3) is 0.571. The minimum Gasteiger partial charge on any atom is -0.399 e. The summed E-state index contributed by atoms with van der Waals surface area (Å²) >= 11 is 0. The van der Waals surface area contributed by atoms with Crippen LogP contribution in [0, 0.1) is 17.7 Å². The molecule has 1 aliphatic heterocycles. The second kappa shape index (κ2) is 4.30. The number of fused-ring (bicyclic) bond motifs is 1. The van der Waals surface area contributed by atoms with Gasteiger partial charge in [-0.3, -0.25) is 4.90 Å². The molecular weight excluding hydrogens is 215 g/mol. The summed E-state index contributed by atoms with van der Waals surface area (Å²) in [7, 11) is 0. The van der Waals surface area contributed by atoms with Crippen LogP contribution in [0.1, 0.15) is 24.8 Å². The fourth-order valence-electron chi connectivity index (χ4n) is 3.49. The Morgan fingerprint density at radius 3 is 2.53 bits per heavy atom. The van der Waals surface area contributed by atoms with Crippen molar-refractivity contribution in [2.45, 2.75) is 25.8 Å². The van der Waals surface area contributed by atoms with E-state index in [0.717, 1.165) is 23.9 Å². The number of anilines is 1. The lowest BCUT2D eigenvalue weighted by molar-refractivity contribution is 0.303. The molecule has 1 aromatic rings. The van der Waals surface area contributed by atoms with Gasteiger partial charge in [0.2, 0.25) is 0 Å². The van der Waals surface area contributed by atoms with Crippen molar-refractivity contribution in [2.75, 3.05) is 18.8 Å². The predicted molar refractivity (Wildman–Crippen MR) is 66.9 cm³/mol. The number of nitrogen functional groups attached to an aromatic ring is 1. The molecule has 1 heterocycles. The highest BCUT2D eigenvalue weighted by Gasteiger charge is 2.35. The van der Waals surface area contributed by atoms with Gasteiger partial charge in [-0.25, -0.2) is 4.39 Å². The first kappa shape index (κ1) is 11.0. The Morgan fingerprint density at radius 1 is 1.18 bits per heavy atom. The highest BCUT2D eigenvalue weighted by atomic mass is 19.1. The van der Waals surface area contributed by atoms with E-state index >= 15 is 0 Å². The quantitative estimate of drug-likeness (QED) is 0.797. The minimum absolute atomic E-state index is 0.223. The fourth-order valence-corrected chi connectivity index (χ4v) is 3.49. The van der Waals surface area contributed by atoms with Crippen molar-refractivity contribution >= 4 is 5.69 Å². The third-order valence-electron chi connectivity index (χ3n) is 4.19. The molecule has 1 aliphatic carbocycles. The molecule has 2 N–H and O–H groups in total. The van der Waals surface area contributed by atoms with Gasteiger partial charge in [-0.05, 0) is 48.4 Å². The van der Waals surface area contributed by atoms with Crippen LogP contribution in [0.15, 0.2) is 18.2 Å². The molecule has 3 rings (SSSR count). The summed E-state index contributed by atoms with van der Waals surface area (Å²) in [6.07, 6.45) is 4.16. The molecule has 3 heteroatoms. The SMILES string of the molecule is Nc1cc(F)cc(CN2CC3CCCC3C2)c1. The molecule has 0 amide bonds. The zero-order valence-electron chi connectivity index (χ0n) is 10.0. The first-order valence-electron chi connectivity index (χ1n) is 6.48. The van der Waals surface area contributed by atoms with Gasteiger partial charge in [0, 0.05) is 25.3 Å². The van der Waals surface area contributed by atoms with Crippen LogP contribution in [0.4, 0.5) is 10.1 Å². The van der Waals surface area contributed by atoms with E-state index in [4.69, 9.17) is 5.73 Å². The van der Waals surface area contributed by atoms with Crippen LogP contribution in [-0.2, 0) is 6.54 Å². The second-order valence-corrected chi connectivity index (χ2v) is 5.54. The Labute approximate surface area is 102 Å². The van der Waals surface area contributed by atoms with Gasteiger partial charge in [-0.2, -0.15) is 0 Å². The van der Waals surface area contributed by atoms with Gasteiger partial charge in [0.25, 0.3) is 0 Å². The average Bonchev–Trinajstić information content (AvgIpc) is 2.75. The van der Waals surface area contributed by atoms with E-state index in [1.54, 1.807) is 6.07 Å². The number of benzene rings is 1. The Hall–Kier alpha value is -1.09. The van der Waals surface area contributed by atoms with Crippen LogP contribution in [-0.4, -0.2) is 18.0 Å². The summed E-state index contributed by atoms with van der Waals surface area (Å²) in [6, 6.07) is 4.86. The number of hydrogen-bond acceptors (Lipinski definition) is 2. The van der Waals surface area contributed by atoms with Gasteiger partial charge in [-0.1, -0.05) is 6.42 Å². The second-order valence-electron chi connectivity index (χ2n) is 5.54. The van der Waals surface area contributed by atoms with E-state index in [0.29, 0.717) is 5.69 Å². The Morgan fingerprint density at radius 2 is 1.88 bits per heavy atom. The molecule has 2 fully saturated rings. The van der Waals surface area contributed by atoms with Gasteiger partial charge < -0.3 is 5.73 Å². The molecule has 0 radical (unpaired) electrons. The van der Waals surface area contributed by atoms with Gasteiger partial charge in [-0.15, -0.1) is 0 Å². The van der Waals surface area contributed by atoms with E-state index in [1.807, 2.05) is 6.07 Å². The molecule has 1 aromatic carbocycles. The van der Waals surface area contributed by atoms with Gasteiger partial charge in [0.15, 0.2) is 0 Å². The van der Waals surface area contributed by atoms with Gasteiger partial charge in [0.1, 0.15) is 5.82 Å². The van der Waals surface area contributed by atoms with Crippen LogP contribution >= 0.6 is 0 Å². The molecule has 1 saturated heterocycles. The maximum atomic E-state index is 13.2. The lowest BCUT2D eigenvalue weighted by atomic mass is 10.0. The van der Waals surface area contributed by atoms with Crippen molar-refractivity contribution in [3.8, 4) is 0 Å². The number of nitrogens with zero attached hydrogens (tertiary/aromatic N) is 1. The zero-order valence-corrected chi connectivity index (χ0v) is 10.0. The maximum absolute atomic E-state index is 13.2. The molecule has 2 aliphatic rings. The topological polar surface area (TPSA) is 29.3 Å². The van der Waals surface area contributed by atoms with Crippen molar-refractivity contribution in [1.29, 1.82) is 0 Å². The number of likely N-dealkylation sites (tertiary alicyclic amines) is 1. The highest BCUT2D eigenvalue weighted by molar-refractivity contribution is 5.41. The standard InChI is InChI=1S/C14H19FN2/c15-13-4-10(5-14(16)6-13)7-17-8-11-2-1-3-12(11)9-17/h4-6,11-12H,1-3,7-9,16H2. The van der Waals surface area contributed by atoms with Gasteiger partial charge >= 0.3 is 0 Å². The number of halogens is 1. The molecule has 0 bridgehead atoms. The molecule has 0 spiro atoms. The summed E-state index contributed by atoms with van der Waals surface area (Å²) in [6.45, 7) is 3.21. The van der Waals surface area contributed by atoms with E-state index in [2.05, 4.69) is 4.90 Å². The molecule has 0 aromatic heterocycles. The van der Waals surface area contributed by atoms with Crippen LogP contribution in [0.5, 0.6) is 0 Å². The number of nitrogens with two attached hydrogens (primary N) is 1. The predicted octanol–water partition coefficient (Wildman–Crippen LogP) is 2.64. The van der Waals surface area contributed by atoms with Crippen molar-refractivity contribution < 1.29 is 4.39 Å². The van der Waals surface area contributed by atoms with E-state index in [-0.39, 0.29) is 5.82 Å². The molecule has 2 unspecified atom stereocenters. The Balaban J connectivity index is 1.67. The summed E-state index contributed by atoms with van der Waals surface area (Å²) in [5, 5.41) is 0. The van der Waals surface area contributed by atoms with Crippen molar-refractivity contribution in [3.05, 3.63) is 29.6 Å². The molecule has 17 heavy (non-hydrogen) atoms. The van der Waals surface area contributed by atoms with Crippen LogP contribution < -0.4 is 5.73 Å². The Bertz CT molecular complexity index is 386. The summed E-state index contributed by atoms with van der Waals surface area (Å²) in [4.78, 5) is 2.45. The molecular formula is C14H19FN2. The van der Waals surface area contributed by atoms with Crippen molar-refractivity contribution in [3.63, 3.8) is 0 Å². The summed E-state index contributed by atoms with van der Waals surface area (Å²) in [5.41, 5.74) is 7.20. The molecule has 2 atom stereocenters. The van der Waals surface area contributed by atoms with Gasteiger partial charge in [0.05, 0.1) is 0 Å². The zero-order chi connectivity index (χ0) is 11.8. The van der Waals surface area contributed by atoms with E-state index < -0.39 is 0 Å². The minimum atomic E-state index is -0.223. The monoisotopic (exact) mass is 234 g/mol. The third-order valence-corrected chi connectivity index (χ3v) is 4.19. The van der Waals surface area contributed by atoms with Crippen LogP contribution in [0.3, 0.4) is 0 Å². The van der Waals surface area contributed by atoms with Crippen molar-refractivity contribution in [1.82, 2.24) is 4.90 Å². The third kappa shape index (κ3) is 2.29. The lowest BCUT2D eigenvalue weighted by Crippen LogP contribution is -2.21. The number of rotatable bonds is 2. The molecule has 92 valence electrons. The van der Waals surface area contributed by atoms with E-state index in [1.165, 1.54) is 38.4 Å². The maximum Gasteiger partial charge on any atom is 0.125 e. The molecule has 1 saturated carbocycles. The van der Waals surface area contributed by atoms with Crippen LogP contribution in [0.2, 0.25) is 0 Å². The summed E-state index contributed by atoms with van der Waals surface area (Å²) in [5.74, 6) is 1.56. The summed E-state index contributed by atoms with van der Waals surface area (Å²) < 4.78 is 13.2. The highest BCUT2D eigenvalue weighted by Crippen LogP contribution is 2.38. The smallest absolute Gasteiger partial charge is 0.125 e. The van der Waals surface area contributed by atoms with Crippen molar-refractivity contribution in [2.24, 2.45) is 11.8 Å². The van der Waals surface area contributed by atoms with Crippen LogP contribution in [0.25, 0.3) is 0 Å². The Kier molecular flexibility index (Phi) is 2.79. The number of hydrogen-bond donors (Lipinski definition) is 1. The first-order valence-corrected chi connectivity index (χ1v) is 6.48. The van der Waals surface area contributed by atoms with E-state index in [9.17, 15) is 4.39 Å². The molecule has 2 nitrogen and oxygen atoms in total. The largest absolute Gasteiger partial charge is 0.399 e. The normalized spacial score (nSPS) is 28.5. The first-order chi connectivity index (χ1) is 8.20. The average molecular weight is 234 g/mol. The lowest BCUT2D eigenvalue weighted by Gasteiger charge is -2.17.